The maximum absolute atomic E-state index is 14.7. The van der Waals surface area contributed by atoms with Crippen LogP contribution in [0.3, 0.4) is 0 Å². The Kier molecular flexibility index (Phi) is 3.95. The van der Waals surface area contributed by atoms with Gasteiger partial charge in [0.1, 0.15) is 11.6 Å². The van der Waals surface area contributed by atoms with E-state index < -0.39 is 29.5 Å². The fraction of sp³-hybridized carbons (Fsp3) is 0.368. The zero-order chi connectivity index (χ0) is 16.8. The van der Waals surface area contributed by atoms with Gasteiger partial charge in [0.05, 0.1) is 5.56 Å². The predicted molar refractivity (Wildman–Crippen MR) is 82.7 cm³/mol. The summed E-state index contributed by atoms with van der Waals surface area (Å²) < 4.78 is 57.9. The van der Waals surface area contributed by atoms with Crippen molar-refractivity contribution in [2.24, 2.45) is 0 Å². The van der Waals surface area contributed by atoms with E-state index in [1.54, 1.807) is 12.1 Å². The van der Waals surface area contributed by atoms with E-state index >= 15 is 0 Å². The molecule has 4 heteroatoms. The summed E-state index contributed by atoms with van der Waals surface area (Å²) in [5.74, 6) is -4.86. The molecule has 0 amide bonds. The zero-order valence-corrected chi connectivity index (χ0v) is 13.1. The van der Waals surface area contributed by atoms with Crippen LogP contribution in [0.25, 0.3) is 11.1 Å². The smallest absolute Gasteiger partial charge is 0.206 e. The SMILES string of the molecule is CCCCc1ccc2c(c1F)CC(F)(F)c1c-2ccc(C)c1F. The molecule has 1 aliphatic rings. The number of hydrogen-bond donors (Lipinski definition) is 0. The van der Waals surface area contributed by atoms with E-state index in [0.29, 0.717) is 17.5 Å². The molecule has 0 nitrogen and oxygen atoms in total. The lowest BCUT2D eigenvalue weighted by molar-refractivity contribution is -0.00926. The van der Waals surface area contributed by atoms with E-state index in [1.165, 1.54) is 19.1 Å². The second kappa shape index (κ2) is 5.66. The molecule has 0 aromatic heterocycles. The molecule has 3 rings (SSSR count). The normalized spacial score (nSPS) is 15.2. The van der Waals surface area contributed by atoms with Gasteiger partial charge in [0, 0.05) is 12.0 Å². The first-order valence-electron chi connectivity index (χ1n) is 7.85. The van der Waals surface area contributed by atoms with Crippen LogP contribution in [-0.2, 0) is 18.8 Å². The molecule has 0 heterocycles. The van der Waals surface area contributed by atoms with Gasteiger partial charge < -0.3 is 0 Å². The molecule has 0 unspecified atom stereocenters. The summed E-state index contributed by atoms with van der Waals surface area (Å²) in [7, 11) is 0. The van der Waals surface area contributed by atoms with Crippen molar-refractivity contribution in [2.75, 3.05) is 0 Å². The quantitative estimate of drug-likeness (QED) is 0.614. The molecule has 1 aliphatic carbocycles. The maximum Gasteiger partial charge on any atom is 0.280 e. The highest BCUT2D eigenvalue weighted by Gasteiger charge is 2.43. The van der Waals surface area contributed by atoms with Crippen molar-refractivity contribution in [1.29, 1.82) is 0 Å². The molecule has 0 aliphatic heterocycles. The molecule has 0 radical (unpaired) electrons. The van der Waals surface area contributed by atoms with Gasteiger partial charge in [0.2, 0.25) is 0 Å². The van der Waals surface area contributed by atoms with Crippen LogP contribution in [0.4, 0.5) is 17.6 Å². The topological polar surface area (TPSA) is 0 Å². The van der Waals surface area contributed by atoms with Gasteiger partial charge in [0.25, 0.3) is 5.92 Å². The van der Waals surface area contributed by atoms with Gasteiger partial charge in [-0.25, -0.2) is 17.6 Å². The Labute approximate surface area is 133 Å². The summed E-state index contributed by atoms with van der Waals surface area (Å²) >= 11 is 0. The van der Waals surface area contributed by atoms with Crippen molar-refractivity contribution in [3.63, 3.8) is 0 Å². The lowest BCUT2D eigenvalue weighted by atomic mass is 9.80. The standard InChI is InChI=1S/C19H18F4/c1-3-4-5-12-7-9-13-14-8-6-11(2)17(20)16(14)19(22,23)10-15(13)18(12)21/h6-9H,3-5,10H2,1-2H3. The summed E-state index contributed by atoms with van der Waals surface area (Å²) in [6.45, 7) is 3.45. The number of aryl methyl sites for hydroxylation is 2. The van der Waals surface area contributed by atoms with Gasteiger partial charge in [-0.15, -0.1) is 0 Å². The zero-order valence-electron chi connectivity index (χ0n) is 13.1. The van der Waals surface area contributed by atoms with Crippen LogP contribution in [0.15, 0.2) is 24.3 Å². The van der Waals surface area contributed by atoms with Gasteiger partial charge in [-0.05, 0) is 42.0 Å². The van der Waals surface area contributed by atoms with Gasteiger partial charge in [-0.1, -0.05) is 37.6 Å². The minimum absolute atomic E-state index is 0.000596. The van der Waals surface area contributed by atoms with Gasteiger partial charge in [-0.3, -0.25) is 0 Å². The molecule has 0 atom stereocenters. The molecule has 0 saturated heterocycles. The van der Waals surface area contributed by atoms with Crippen LogP contribution < -0.4 is 0 Å². The summed E-state index contributed by atoms with van der Waals surface area (Å²) in [5, 5.41) is 0. The number of benzene rings is 2. The number of hydrogen-bond acceptors (Lipinski definition) is 0. The third-order valence-electron chi connectivity index (χ3n) is 4.51. The fourth-order valence-electron chi connectivity index (χ4n) is 3.23. The Balaban J connectivity index is 2.22. The van der Waals surface area contributed by atoms with E-state index in [-0.39, 0.29) is 16.7 Å². The number of fused-ring (bicyclic) bond motifs is 3. The average Bonchev–Trinajstić information content (AvgIpc) is 2.50. The lowest BCUT2D eigenvalue weighted by Crippen LogP contribution is -2.26. The molecule has 0 N–H and O–H groups in total. The van der Waals surface area contributed by atoms with E-state index in [4.69, 9.17) is 0 Å². The molecule has 0 saturated carbocycles. The van der Waals surface area contributed by atoms with Crippen molar-refractivity contribution in [2.45, 2.75) is 45.5 Å². The molecule has 0 bridgehead atoms. The van der Waals surface area contributed by atoms with Crippen LogP contribution in [0, 0.1) is 18.6 Å². The van der Waals surface area contributed by atoms with Crippen molar-refractivity contribution >= 4 is 0 Å². The molecule has 0 spiro atoms. The Morgan fingerprint density at radius 2 is 1.70 bits per heavy atom. The van der Waals surface area contributed by atoms with Gasteiger partial charge in [-0.2, -0.15) is 0 Å². The summed E-state index contributed by atoms with van der Waals surface area (Å²) in [6, 6.07) is 6.20. The summed E-state index contributed by atoms with van der Waals surface area (Å²) in [6.07, 6.45) is 1.44. The maximum atomic E-state index is 14.7. The van der Waals surface area contributed by atoms with Crippen molar-refractivity contribution < 1.29 is 17.6 Å². The fourth-order valence-corrected chi connectivity index (χ4v) is 3.23. The third-order valence-corrected chi connectivity index (χ3v) is 4.51. The molecular formula is C19H18F4. The Morgan fingerprint density at radius 3 is 2.39 bits per heavy atom. The predicted octanol–water partition coefficient (Wildman–Crippen LogP) is 5.93. The van der Waals surface area contributed by atoms with Crippen LogP contribution in [0.5, 0.6) is 0 Å². The molecule has 0 fully saturated rings. The molecule has 2 aromatic rings. The minimum Gasteiger partial charge on any atom is -0.206 e. The van der Waals surface area contributed by atoms with E-state index in [1.807, 2.05) is 6.92 Å². The lowest BCUT2D eigenvalue weighted by Gasteiger charge is -2.29. The highest BCUT2D eigenvalue weighted by atomic mass is 19.3. The molecule has 122 valence electrons. The first kappa shape index (κ1) is 16.0. The molecule has 2 aromatic carbocycles. The summed E-state index contributed by atoms with van der Waals surface area (Å²) in [4.78, 5) is 0. The van der Waals surface area contributed by atoms with Crippen molar-refractivity contribution in [1.82, 2.24) is 0 Å². The minimum atomic E-state index is -3.40. The molecule has 23 heavy (non-hydrogen) atoms. The van der Waals surface area contributed by atoms with Crippen LogP contribution in [-0.4, -0.2) is 0 Å². The number of alkyl halides is 2. The van der Waals surface area contributed by atoms with Gasteiger partial charge in [0.15, 0.2) is 0 Å². The van der Waals surface area contributed by atoms with E-state index in [2.05, 4.69) is 0 Å². The van der Waals surface area contributed by atoms with Crippen molar-refractivity contribution in [3.8, 4) is 11.1 Å². The Hall–Kier alpha value is -1.84. The molecular weight excluding hydrogens is 304 g/mol. The second-order valence-corrected chi connectivity index (χ2v) is 6.17. The third kappa shape index (κ3) is 2.54. The second-order valence-electron chi connectivity index (χ2n) is 6.17. The summed E-state index contributed by atoms with van der Waals surface area (Å²) in [5.41, 5.74) is 0.497. The Morgan fingerprint density at radius 1 is 1.00 bits per heavy atom. The number of unbranched alkanes of at least 4 members (excludes halogenated alkanes) is 1. The average molecular weight is 322 g/mol. The highest BCUT2D eigenvalue weighted by Crippen LogP contribution is 2.48. The highest BCUT2D eigenvalue weighted by molar-refractivity contribution is 5.75. The van der Waals surface area contributed by atoms with E-state index in [0.717, 1.165) is 12.8 Å². The number of rotatable bonds is 3. The monoisotopic (exact) mass is 322 g/mol. The van der Waals surface area contributed by atoms with Crippen molar-refractivity contribution in [3.05, 3.63) is 58.2 Å². The largest absolute Gasteiger partial charge is 0.280 e. The van der Waals surface area contributed by atoms with Gasteiger partial charge >= 0.3 is 0 Å². The van der Waals surface area contributed by atoms with Crippen LogP contribution in [0.2, 0.25) is 0 Å². The Bertz CT molecular complexity index is 762. The van der Waals surface area contributed by atoms with E-state index in [9.17, 15) is 17.6 Å². The first-order chi connectivity index (χ1) is 10.9. The first-order valence-corrected chi connectivity index (χ1v) is 7.85. The van der Waals surface area contributed by atoms with Crippen LogP contribution >= 0.6 is 0 Å². The number of halogens is 4. The van der Waals surface area contributed by atoms with Crippen LogP contribution in [0.1, 0.15) is 42.0 Å².